The second-order valence-corrected chi connectivity index (χ2v) is 3.60. The fraction of sp³-hybridized carbons (Fsp3) is 0.0833. The fourth-order valence-electron chi connectivity index (χ4n) is 1.33. The van der Waals surface area contributed by atoms with Crippen LogP contribution < -0.4 is 5.32 Å². The molecule has 2 N–H and O–H groups in total. The summed E-state index contributed by atoms with van der Waals surface area (Å²) in [7, 11) is 0. The van der Waals surface area contributed by atoms with Gasteiger partial charge in [0.25, 0.3) is 0 Å². The van der Waals surface area contributed by atoms with Crippen LogP contribution in [-0.2, 0) is 6.18 Å². The lowest BCUT2D eigenvalue weighted by molar-refractivity contribution is -0.137. The van der Waals surface area contributed by atoms with Crippen molar-refractivity contribution in [3.63, 3.8) is 0 Å². The molecule has 0 amide bonds. The highest BCUT2D eigenvalue weighted by molar-refractivity contribution is 5.56. The summed E-state index contributed by atoms with van der Waals surface area (Å²) in [6, 6.07) is 8.31. The first-order valence-corrected chi connectivity index (χ1v) is 5.04. The number of rotatable bonds is 2. The molecule has 0 unspecified atom stereocenters. The van der Waals surface area contributed by atoms with E-state index in [0.717, 1.165) is 12.3 Å². The van der Waals surface area contributed by atoms with Gasteiger partial charge >= 0.3 is 6.18 Å². The van der Waals surface area contributed by atoms with E-state index in [0.29, 0.717) is 11.5 Å². The SMILES string of the molecule is Oc1ccc(Nc2ccc(C(F)(F)F)cn2)cc1. The quantitative estimate of drug-likeness (QED) is 0.805. The van der Waals surface area contributed by atoms with Gasteiger partial charge in [-0.05, 0) is 36.4 Å². The number of phenols is 1. The largest absolute Gasteiger partial charge is 0.508 e. The van der Waals surface area contributed by atoms with E-state index in [9.17, 15) is 13.2 Å². The number of aromatic nitrogens is 1. The van der Waals surface area contributed by atoms with Gasteiger partial charge in [-0.3, -0.25) is 0 Å². The molecule has 94 valence electrons. The fourth-order valence-corrected chi connectivity index (χ4v) is 1.33. The molecule has 0 radical (unpaired) electrons. The van der Waals surface area contributed by atoms with Crippen LogP contribution in [0.3, 0.4) is 0 Å². The van der Waals surface area contributed by atoms with Crippen molar-refractivity contribution < 1.29 is 18.3 Å². The smallest absolute Gasteiger partial charge is 0.417 e. The summed E-state index contributed by atoms with van der Waals surface area (Å²) >= 11 is 0. The van der Waals surface area contributed by atoms with Gasteiger partial charge in [0, 0.05) is 11.9 Å². The first-order valence-electron chi connectivity index (χ1n) is 5.04. The third-order valence-corrected chi connectivity index (χ3v) is 2.23. The van der Waals surface area contributed by atoms with Gasteiger partial charge in [-0.1, -0.05) is 0 Å². The predicted octanol–water partition coefficient (Wildman–Crippen LogP) is 3.55. The van der Waals surface area contributed by atoms with Gasteiger partial charge < -0.3 is 10.4 Å². The van der Waals surface area contributed by atoms with Crippen molar-refractivity contribution in [2.24, 2.45) is 0 Å². The van der Waals surface area contributed by atoms with Crippen LogP contribution in [0.4, 0.5) is 24.7 Å². The molecule has 1 aromatic carbocycles. The number of halogens is 3. The Balaban J connectivity index is 2.13. The highest BCUT2D eigenvalue weighted by Crippen LogP contribution is 2.29. The number of alkyl halides is 3. The number of hydrogen-bond donors (Lipinski definition) is 2. The molecule has 1 heterocycles. The van der Waals surface area contributed by atoms with Crippen LogP contribution in [0.1, 0.15) is 5.56 Å². The molecule has 0 fully saturated rings. The zero-order chi connectivity index (χ0) is 13.2. The standard InChI is InChI=1S/C12H9F3N2O/c13-12(14,15)8-1-6-11(16-7-8)17-9-2-4-10(18)5-3-9/h1-7,18H,(H,16,17). The summed E-state index contributed by atoms with van der Waals surface area (Å²) in [6.45, 7) is 0. The molecule has 0 aliphatic carbocycles. The summed E-state index contributed by atoms with van der Waals surface area (Å²) in [6.07, 6.45) is -3.62. The van der Waals surface area contributed by atoms with E-state index < -0.39 is 11.7 Å². The van der Waals surface area contributed by atoms with Crippen molar-refractivity contribution in [1.29, 1.82) is 0 Å². The minimum atomic E-state index is -4.38. The second-order valence-electron chi connectivity index (χ2n) is 3.60. The molecule has 2 rings (SSSR count). The lowest BCUT2D eigenvalue weighted by Crippen LogP contribution is -2.05. The monoisotopic (exact) mass is 254 g/mol. The molecular weight excluding hydrogens is 245 g/mol. The predicted molar refractivity (Wildman–Crippen MR) is 60.6 cm³/mol. The average Bonchev–Trinajstić information content (AvgIpc) is 2.32. The van der Waals surface area contributed by atoms with E-state index in [1.54, 1.807) is 12.1 Å². The molecular formula is C12H9F3N2O. The van der Waals surface area contributed by atoms with Gasteiger partial charge in [-0.2, -0.15) is 13.2 Å². The van der Waals surface area contributed by atoms with Crippen LogP contribution in [0, 0.1) is 0 Å². The van der Waals surface area contributed by atoms with Crippen molar-refractivity contribution in [3.05, 3.63) is 48.2 Å². The highest BCUT2D eigenvalue weighted by atomic mass is 19.4. The molecule has 6 heteroatoms. The molecule has 0 bridgehead atoms. The van der Waals surface area contributed by atoms with Crippen molar-refractivity contribution in [3.8, 4) is 5.75 Å². The number of phenolic OH excluding ortho intramolecular Hbond substituents is 1. The summed E-state index contributed by atoms with van der Waals surface area (Å²) < 4.78 is 36.9. The maximum Gasteiger partial charge on any atom is 0.417 e. The van der Waals surface area contributed by atoms with E-state index >= 15 is 0 Å². The molecule has 0 saturated carbocycles. The minimum absolute atomic E-state index is 0.112. The number of pyridine rings is 1. The van der Waals surface area contributed by atoms with Gasteiger partial charge in [0.1, 0.15) is 11.6 Å². The molecule has 18 heavy (non-hydrogen) atoms. The number of anilines is 2. The molecule has 2 aromatic rings. The topological polar surface area (TPSA) is 45.1 Å². The number of aromatic hydroxyl groups is 1. The summed E-state index contributed by atoms with van der Waals surface area (Å²) in [5.41, 5.74) is -0.168. The van der Waals surface area contributed by atoms with Crippen LogP contribution >= 0.6 is 0 Å². The van der Waals surface area contributed by atoms with Gasteiger partial charge in [0.05, 0.1) is 5.56 Å². The first kappa shape index (κ1) is 12.2. The molecule has 0 aliphatic rings. The number of nitrogens with one attached hydrogen (secondary N) is 1. The number of nitrogens with zero attached hydrogens (tertiary/aromatic N) is 1. The minimum Gasteiger partial charge on any atom is -0.508 e. The van der Waals surface area contributed by atoms with Crippen molar-refractivity contribution >= 4 is 11.5 Å². The van der Waals surface area contributed by atoms with Crippen molar-refractivity contribution in [2.45, 2.75) is 6.18 Å². The lowest BCUT2D eigenvalue weighted by atomic mass is 10.2. The van der Waals surface area contributed by atoms with Gasteiger partial charge in [0.15, 0.2) is 0 Å². The van der Waals surface area contributed by atoms with E-state index in [1.165, 1.54) is 18.2 Å². The Hall–Kier alpha value is -2.24. The van der Waals surface area contributed by atoms with Crippen molar-refractivity contribution in [2.75, 3.05) is 5.32 Å². The van der Waals surface area contributed by atoms with Crippen LogP contribution in [0.2, 0.25) is 0 Å². The van der Waals surface area contributed by atoms with Crippen LogP contribution in [0.15, 0.2) is 42.6 Å². The molecule has 0 spiro atoms. The van der Waals surface area contributed by atoms with Gasteiger partial charge in [0.2, 0.25) is 0 Å². The Morgan fingerprint density at radius 1 is 1.00 bits per heavy atom. The van der Waals surface area contributed by atoms with Crippen LogP contribution in [0.25, 0.3) is 0 Å². The Labute approximate surface area is 101 Å². The third kappa shape index (κ3) is 2.91. The maximum absolute atomic E-state index is 12.3. The average molecular weight is 254 g/mol. The zero-order valence-electron chi connectivity index (χ0n) is 9.07. The molecule has 0 atom stereocenters. The Morgan fingerprint density at radius 3 is 2.17 bits per heavy atom. The van der Waals surface area contributed by atoms with Crippen LogP contribution in [-0.4, -0.2) is 10.1 Å². The summed E-state index contributed by atoms with van der Waals surface area (Å²) in [5, 5.41) is 11.9. The van der Waals surface area contributed by atoms with E-state index in [-0.39, 0.29) is 5.75 Å². The number of benzene rings is 1. The second kappa shape index (κ2) is 4.56. The normalized spacial score (nSPS) is 11.3. The molecule has 1 aromatic heterocycles. The third-order valence-electron chi connectivity index (χ3n) is 2.23. The van der Waals surface area contributed by atoms with E-state index in [4.69, 9.17) is 5.11 Å². The molecule has 0 aliphatic heterocycles. The lowest BCUT2D eigenvalue weighted by Gasteiger charge is -2.08. The Kier molecular flexibility index (Phi) is 3.10. The van der Waals surface area contributed by atoms with Gasteiger partial charge in [-0.15, -0.1) is 0 Å². The summed E-state index contributed by atoms with van der Waals surface area (Å²) in [5.74, 6) is 0.412. The Bertz CT molecular complexity index is 521. The maximum atomic E-state index is 12.3. The first-order chi connectivity index (χ1) is 8.45. The molecule has 0 saturated heterocycles. The van der Waals surface area contributed by atoms with E-state index in [2.05, 4.69) is 10.3 Å². The van der Waals surface area contributed by atoms with Crippen LogP contribution in [0.5, 0.6) is 5.75 Å². The molecule has 3 nitrogen and oxygen atoms in total. The number of hydrogen-bond acceptors (Lipinski definition) is 3. The summed E-state index contributed by atoms with van der Waals surface area (Å²) in [4.78, 5) is 3.67. The Morgan fingerprint density at radius 2 is 1.67 bits per heavy atom. The van der Waals surface area contributed by atoms with Crippen molar-refractivity contribution in [1.82, 2.24) is 4.98 Å². The van der Waals surface area contributed by atoms with Gasteiger partial charge in [-0.25, -0.2) is 4.98 Å². The zero-order valence-corrected chi connectivity index (χ0v) is 9.07. The van der Waals surface area contributed by atoms with E-state index in [1.807, 2.05) is 0 Å². The highest BCUT2D eigenvalue weighted by Gasteiger charge is 2.30.